The number of carbonyl (C=O) groups excluding carboxylic acids is 4. The topological polar surface area (TPSA) is 161 Å². The minimum absolute atomic E-state index is 0.0734. The van der Waals surface area contributed by atoms with E-state index in [2.05, 4.69) is 10.6 Å². The van der Waals surface area contributed by atoms with E-state index in [1.54, 1.807) is 24.3 Å². The first kappa shape index (κ1) is 37.2. The fraction of sp³-hybridized carbons (Fsp3) is 0.515. The predicted octanol–water partition coefficient (Wildman–Crippen LogP) is 3.78. The van der Waals surface area contributed by atoms with Crippen molar-refractivity contribution in [3.63, 3.8) is 0 Å². The SMILES string of the molecule is CCOCN1CC(OC(=O)Nc2ccc(Cc3ccc(NC(=O)OC4CN(COC)C(=O)N(COCC)C4)cc3)cc2)CN(COC)C1=O. The standard InChI is InChI=1S/C33H46N6O10/c1-5-46-22-38-18-28(16-36(20-44-3)32(38)42)48-30(40)34-26-11-7-24(8-12-26)15-25-9-13-27(14-10-25)35-31(41)49-29-17-37(21-45-4)33(43)39(19-29)23-47-6-2/h7-14,28-29H,5-6,15-23H2,1-4H3,(H,34,40)(H,35,41). The number of urea groups is 2. The molecule has 0 saturated carbocycles. The third-order valence-corrected chi connectivity index (χ3v) is 7.61. The molecule has 6 amide bonds. The van der Waals surface area contributed by atoms with Gasteiger partial charge in [0.05, 0.1) is 26.2 Å². The van der Waals surface area contributed by atoms with E-state index >= 15 is 0 Å². The van der Waals surface area contributed by atoms with Crippen molar-refractivity contribution in [3.05, 3.63) is 59.7 Å². The number of amides is 6. The Morgan fingerprint density at radius 1 is 0.612 bits per heavy atom. The number of nitrogens with zero attached hydrogens (tertiary/aromatic N) is 4. The number of ether oxygens (including phenoxy) is 6. The Balaban J connectivity index is 1.24. The van der Waals surface area contributed by atoms with Crippen LogP contribution in [0.4, 0.5) is 30.6 Å². The predicted molar refractivity (Wildman–Crippen MR) is 178 cm³/mol. The zero-order valence-electron chi connectivity index (χ0n) is 28.4. The average molecular weight is 687 g/mol. The summed E-state index contributed by atoms with van der Waals surface area (Å²) in [6, 6.07) is 14.3. The molecule has 2 unspecified atom stereocenters. The third-order valence-electron chi connectivity index (χ3n) is 7.61. The second-order valence-electron chi connectivity index (χ2n) is 11.4. The third kappa shape index (κ3) is 11.2. The maximum Gasteiger partial charge on any atom is 0.412 e. The lowest BCUT2D eigenvalue weighted by molar-refractivity contribution is -0.0366. The second-order valence-corrected chi connectivity index (χ2v) is 11.4. The highest BCUT2D eigenvalue weighted by atomic mass is 16.6. The summed E-state index contributed by atoms with van der Waals surface area (Å²) in [5, 5.41) is 5.48. The molecular formula is C33H46N6O10. The molecule has 2 fully saturated rings. The summed E-state index contributed by atoms with van der Waals surface area (Å²) in [4.78, 5) is 56.4. The van der Waals surface area contributed by atoms with Gasteiger partial charge in [0.25, 0.3) is 0 Å². The van der Waals surface area contributed by atoms with Gasteiger partial charge in [-0.2, -0.15) is 0 Å². The molecule has 2 aliphatic heterocycles. The van der Waals surface area contributed by atoms with Gasteiger partial charge in [0, 0.05) is 38.8 Å². The van der Waals surface area contributed by atoms with E-state index in [9.17, 15) is 19.2 Å². The van der Waals surface area contributed by atoms with E-state index < -0.39 is 24.4 Å². The van der Waals surface area contributed by atoms with Crippen LogP contribution in [0.2, 0.25) is 0 Å². The summed E-state index contributed by atoms with van der Waals surface area (Å²) < 4.78 is 32.2. The summed E-state index contributed by atoms with van der Waals surface area (Å²) in [6.45, 7) is 5.76. The van der Waals surface area contributed by atoms with Crippen molar-refractivity contribution in [2.45, 2.75) is 32.5 Å². The number of hydrogen-bond acceptors (Lipinski definition) is 10. The molecule has 0 aromatic heterocycles. The molecule has 268 valence electrons. The molecule has 2 saturated heterocycles. The first-order valence-electron chi connectivity index (χ1n) is 16.1. The van der Waals surface area contributed by atoms with Crippen molar-refractivity contribution in [2.75, 3.05) is 91.2 Å². The molecule has 16 nitrogen and oxygen atoms in total. The quantitative estimate of drug-likeness (QED) is 0.266. The van der Waals surface area contributed by atoms with Crippen molar-refractivity contribution >= 4 is 35.6 Å². The molecule has 2 atom stereocenters. The van der Waals surface area contributed by atoms with E-state index in [-0.39, 0.29) is 65.2 Å². The van der Waals surface area contributed by atoms with Gasteiger partial charge < -0.3 is 28.4 Å². The minimum Gasteiger partial charge on any atom is -0.442 e. The van der Waals surface area contributed by atoms with Crippen molar-refractivity contribution < 1.29 is 47.6 Å². The highest BCUT2D eigenvalue weighted by Gasteiger charge is 2.35. The van der Waals surface area contributed by atoms with Gasteiger partial charge in [0.15, 0.2) is 0 Å². The Bertz CT molecular complexity index is 1280. The number of benzene rings is 2. The van der Waals surface area contributed by atoms with Crippen LogP contribution in [0.15, 0.2) is 48.5 Å². The van der Waals surface area contributed by atoms with Gasteiger partial charge >= 0.3 is 24.2 Å². The largest absolute Gasteiger partial charge is 0.442 e. The molecule has 2 aromatic carbocycles. The second kappa shape index (κ2) is 18.8. The number of carbonyl (C=O) groups is 4. The van der Waals surface area contributed by atoms with Gasteiger partial charge in [-0.15, -0.1) is 0 Å². The number of anilines is 2. The summed E-state index contributed by atoms with van der Waals surface area (Å²) in [5.41, 5.74) is 3.14. The first-order valence-corrected chi connectivity index (χ1v) is 16.1. The molecule has 49 heavy (non-hydrogen) atoms. The van der Waals surface area contributed by atoms with Crippen LogP contribution in [0.25, 0.3) is 0 Å². The Hall–Kier alpha value is -4.64. The van der Waals surface area contributed by atoms with E-state index in [1.165, 1.54) is 33.8 Å². The monoisotopic (exact) mass is 686 g/mol. The molecule has 0 radical (unpaired) electrons. The minimum atomic E-state index is -0.630. The molecule has 0 spiro atoms. The molecule has 2 aromatic rings. The molecule has 2 heterocycles. The molecule has 4 rings (SSSR count). The van der Waals surface area contributed by atoms with Crippen LogP contribution in [-0.2, 0) is 34.8 Å². The van der Waals surface area contributed by atoms with E-state index in [1.807, 2.05) is 38.1 Å². The number of hydrogen-bond donors (Lipinski definition) is 2. The lowest BCUT2D eigenvalue weighted by Gasteiger charge is -2.38. The van der Waals surface area contributed by atoms with Gasteiger partial charge in [-0.3, -0.25) is 30.2 Å². The average Bonchev–Trinajstić information content (AvgIpc) is 3.08. The van der Waals surface area contributed by atoms with Crippen molar-refractivity contribution in [3.8, 4) is 0 Å². The molecule has 0 bridgehead atoms. The zero-order valence-corrected chi connectivity index (χ0v) is 28.4. The van der Waals surface area contributed by atoms with Gasteiger partial charge in [0.1, 0.15) is 39.1 Å². The molecule has 0 aliphatic carbocycles. The molecule has 2 aliphatic rings. The highest BCUT2D eigenvalue weighted by molar-refractivity contribution is 5.85. The van der Waals surface area contributed by atoms with Crippen LogP contribution < -0.4 is 10.6 Å². The van der Waals surface area contributed by atoms with Crippen LogP contribution in [0.1, 0.15) is 25.0 Å². The Kier molecular flexibility index (Phi) is 14.3. The maximum absolute atomic E-state index is 12.7. The Labute approximate surface area is 286 Å². The van der Waals surface area contributed by atoms with Crippen molar-refractivity contribution in [2.24, 2.45) is 0 Å². The smallest absolute Gasteiger partial charge is 0.412 e. The van der Waals surface area contributed by atoms with E-state index in [0.29, 0.717) is 31.0 Å². The van der Waals surface area contributed by atoms with Gasteiger partial charge in [0.2, 0.25) is 0 Å². The molecule has 2 N–H and O–H groups in total. The summed E-state index contributed by atoms with van der Waals surface area (Å²) in [7, 11) is 2.99. The number of nitrogens with one attached hydrogen (secondary N) is 2. The van der Waals surface area contributed by atoms with Gasteiger partial charge in [-0.1, -0.05) is 24.3 Å². The number of rotatable bonds is 16. The fourth-order valence-electron chi connectivity index (χ4n) is 5.35. The van der Waals surface area contributed by atoms with Crippen molar-refractivity contribution in [1.29, 1.82) is 0 Å². The molecule has 16 heteroatoms. The maximum atomic E-state index is 12.7. The number of methoxy groups -OCH3 is 2. The van der Waals surface area contributed by atoms with E-state index in [4.69, 9.17) is 28.4 Å². The van der Waals surface area contributed by atoms with Gasteiger partial charge in [-0.25, -0.2) is 19.2 Å². The normalized spacial score (nSPS) is 18.0. The van der Waals surface area contributed by atoms with E-state index in [0.717, 1.165) is 11.1 Å². The van der Waals surface area contributed by atoms with Crippen LogP contribution in [-0.4, -0.2) is 137 Å². The Morgan fingerprint density at radius 2 is 0.959 bits per heavy atom. The summed E-state index contributed by atoms with van der Waals surface area (Å²) >= 11 is 0. The lowest BCUT2D eigenvalue weighted by atomic mass is 10.0. The zero-order chi connectivity index (χ0) is 35.2. The van der Waals surface area contributed by atoms with Crippen LogP contribution in [0, 0.1) is 0 Å². The summed E-state index contributed by atoms with van der Waals surface area (Å²) in [5.74, 6) is 0. The molecular weight excluding hydrogens is 640 g/mol. The van der Waals surface area contributed by atoms with Crippen LogP contribution in [0.5, 0.6) is 0 Å². The summed E-state index contributed by atoms with van der Waals surface area (Å²) in [6.07, 6.45) is -1.76. The van der Waals surface area contributed by atoms with Gasteiger partial charge in [-0.05, 0) is 55.7 Å². The van der Waals surface area contributed by atoms with Crippen LogP contribution in [0.3, 0.4) is 0 Å². The Morgan fingerprint density at radius 3 is 1.29 bits per heavy atom. The first-order chi connectivity index (χ1) is 23.7. The highest BCUT2D eigenvalue weighted by Crippen LogP contribution is 2.19. The van der Waals surface area contributed by atoms with Crippen LogP contribution >= 0.6 is 0 Å². The lowest BCUT2D eigenvalue weighted by Crippen LogP contribution is -2.57. The van der Waals surface area contributed by atoms with Crippen molar-refractivity contribution in [1.82, 2.24) is 19.6 Å². The fourth-order valence-corrected chi connectivity index (χ4v) is 5.35.